The lowest BCUT2D eigenvalue weighted by atomic mass is 9.81. The molecule has 0 radical (unpaired) electrons. The highest BCUT2D eigenvalue weighted by Gasteiger charge is 2.49. The smallest absolute Gasteiger partial charge is 0.221 e. The molecule has 1 aromatic rings. The predicted molar refractivity (Wildman–Crippen MR) is 77.5 cm³/mol. The van der Waals surface area contributed by atoms with Gasteiger partial charge in [0.1, 0.15) is 11.9 Å². The summed E-state index contributed by atoms with van der Waals surface area (Å²) < 4.78 is 5.22. The SMILES string of the molecule is NC(=O)[C@H]1C[C@@H](O)[C@H](O)[C@@H]2N=C(NCc3ccco3)S[C@@H]21. The van der Waals surface area contributed by atoms with Gasteiger partial charge in [0.15, 0.2) is 5.17 Å². The van der Waals surface area contributed by atoms with Crippen molar-refractivity contribution in [3.8, 4) is 0 Å². The summed E-state index contributed by atoms with van der Waals surface area (Å²) in [6.45, 7) is 0.470. The minimum atomic E-state index is -0.975. The predicted octanol–water partition coefficient (Wildman–Crippen LogP) is -0.564. The van der Waals surface area contributed by atoms with E-state index in [1.165, 1.54) is 11.8 Å². The third-order valence-electron chi connectivity index (χ3n) is 3.85. The average molecular weight is 311 g/mol. The molecule has 1 aromatic heterocycles. The molecule has 1 saturated carbocycles. The summed E-state index contributed by atoms with van der Waals surface area (Å²) in [5, 5.41) is 23.4. The number of primary amides is 1. The van der Waals surface area contributed by atoms with Gasteiger partial charge in [-0.15, -0.1) is 0 Å². The van der Waals surface area contributed by atoms with Gasteiger partial charge in [-0.05, 0) is 18.6 Å². The van der Waals surface area contributed by atoms with Crippen molar-refractivity contribution in [1.82, 2.24) is 5.32 Å². The van der Waals surface area contributed by atoms with Crippen molar-refractivity contribution in [3.63, 3.8) is 0 Å². The summed E-state index contributed by atoms with van der Waals surface area (Å²) in [5.41, 5.74) is 5.40. The van der Waals surface area contributed by atoms with Gasteiger partial charge < -0.3 is 25.7 Å². The first-order valence-corrected chi connectivity index (χ1v) is 7.60. The van der Waals surface area contributed by atoms with Crippen LogP contribution in [0.4, 0.5) is 0 Å². The van der Waals surface area contributed by atoms with Crippen LogP contribution in [0, 0.1) is 5.92 Å². The van der Waals surface area contributed by atoms with Crippen LogP contribution >= 0.6 is 11.8 Å². The number of carbonyl (C=O) groups excluding carboxylic acids is 1. The lowest BCUT2D eigenvalue weighted by molar-refractivity contribution is -0.126. The van der Waals surface area contributed by atoms with E-state index in [0.717, 1.165) is 5.76 Å². The molecule has 21 heavy (non-hydrogen) atoms. The number of amides is 1. The molecule has 5 atom stereocenters. The number of amidine groups is 1. The van der Waals surface area contributed by atoms with Gasteiger partial charge in [-0.25, -0.2) is 0 Å². The van der Waals surface area contributed by atoms with Gasteiger partial charge in [0, 0.05) is 5.25 Å². The van der Waals surface area contributed by atoms with E-state index in [9.17, 15) is 15.0 Å². The lowest BCUT2D eigenvalue weighted by Crippen LogP contribution is -2.53. The Labute approximate surface area is 125 Å². The van der Waals surface area contributed by atoms with Crippen molar-refractivity contribution < 1.29 is 19.4 Å². The van der Waals surface area contributed by atoms with Crippen LogP contribution in [-0.4, -0.2) is 44.8 Å². The molecule has 0 bridgehead atoms. The topological polar surface area (TPSA) is 121 Å². The zero-order chi connectivity index (χ0) is 15.0. The number of thioether (sulfide) groups is 1. The minimum absolute atomic E-state index is 0.172. The van der Waals surface area contributed by atoms with Gasteiger partial charge in [-0.1, -0.05) is 11.8 Å². The monoisotopic (exact) mass is 311 g/mol. The van der Waals surface area contributed by atoms with E-state index in [4.69, 9.17) is 10.2 Å². The molecule has 3 rings (SSSR count). The summed E-state index contributed by atoms with van der Waals surface area (Å²) in [4.78, 5) is 15.9. The standard InChI is InChI=1S/C13H17N3O4S/c14-12(19)7-4-8(17)10(18)9-11(7)21-13(16-9)15-5-6-2-1-3-20-6/h1-3,7-11,17-18H,4-5H2,(H2,14,19)(H,15,16)/t7-,8+,9-,10-,11+/m0/s1. The number of aliphatic imine (C=N–C) groups is 1. The first kappa shape index (κ1) is 14.4. The quantitative estimate of drug-likeness (QED) is 0.593. The van der Waals surface area contributed by atoms with E-state index >= 15 is 0 Å². The van der Waals surface area contributed by atoms with Crippen LogP contribution in [0.5, 0.6) is 0 Å². The molecule has 1 amide bonds. The maximum absolute atomic E-state index is 11.5. The van der Waals surface area contributed by atoms with Crippen LogP contribution in [0.1, 0.15) is 12.2 Å². The molecular weight excluding hydrogens is 294 g/mol. The maximum Gasteiger partial charge on any atom is 0.221 e. The lowest BCUT2D eigenvalue weighted by Gasteiger charge is -2.36. The van der Waals surface area contributed by atoms with Crippen LogP contribution in [0.3, 0.4) is 0 Å². The van der Waals surface area contributed by atoms with Crippen molar-refractivity contribution in [2.24, 2.45) is 16.6 Å². The summed E-state index contributed by atoms with van der Waals surface area (Å²) in [6.07, 6.45) is -0.187. The zero-order valence-electron chi connectivity index (χ0n) is 11.2. The van der Waals surface area contributed by atoms with E-state index in [0.29, 0.717) is 11.7 Å². The first-order valence-electron chi connectivity index (χ1n) is 6.72. The summed E-state index contributed by atoms with van der Waals surface area (Å²) in [6, 6.07) is 3.12. The van der Waals surface area contributed by atoms with Crippen molar-refractivity contribution in [3.05, 3.63) is 24.2 Å². The summed E-state index contributed by atoms with van der Waals surface area (Å²) in [7, 11) is 0. The molecule has 0 unspecified atom stereocenters. The Morgan fingerprint density at radius 2 is 2.38 bits per heavy atom. The van der Waals surface area contributed by atoms with Crippen LogP contribution < -0.4 is 11.1 Å². The largest absolute Gasteiger partial charge is 0.467 e. The number of nitrogens with two attached hydrogens (primary N) is 1. The molecule has 1 fully saturated rings. The highest BCUT2D eigenvalue weighted by molar-refractivity contribution is 8.14. The van der Waals surface area contributed by atoms with Crippen LogP contribution in [0.25, 0.3) is 0 Å². The zero-order valence-corrected chi connectivity index (χ0v) is 12.0. The van der Waals surface area contributed by atoms with Crippen molar-refractivity contribution in [1.29, 1.82) is 0 Å². The second-order valence-corrected chi connectivity index (χ2v) is 6.41. The number of rotatable bonds is 3. The highest BCUT2D eigenvalue weighted by atomic mass is 32.2. The molecule has 0 aromatic carbocycles. The van der Waals surface area contributed by atoms with E-state index < -0.39 is 30.1 Å². The van der Waals surface area contributed by atoms with Crippen molar-refractivity contribution in [2.45, 2.75) is 36.5 Å². The van der Waals surface area contributed by atoms with E-state index in [1.54, 1.807) is 12.3 Å². The average Bonchev–Trinajstić information content (AvgIpc) is 3.09. The number of hydrogen-bond acceptors (Lipinski definition) is 7. The molecule has 5 N–H and O–H groups in total. The number of aliphatic hydroxyl groups is 2. The first-order chi connectivity index (χ1) is 10.1. The second kappa shape index (κ2) is 5.70. The maximum atomic E-state index is 11.5. The third kappa shape index (κ3) is 2.78. The Morgan fingerprint density at radius 3 is 3.05 bits per heavy atom. The molecule has 1 aliphatic carbocycles. The van der Waals surface area contributed by atoms with Crippen LogP contribution in [0.15, 0.2) is 27.8 Å². The normalized spacial score (nSPS) is 35.1. The number of nitrogens with zero attached hydrogens (tertiary/aromatic N) is 1. The van der Waals surface area contributed by atoms with Gasteiger partial charge in [0.05, 0.1) is 30.9 Å². The van der Waals surface area contributed by atoms with Gasteiger partial charge in [-0.3, -0.25) is 9.79 Å². The van der Waals surface area contributed by atoms with Crippen molar-refractivity contribution in [2.75, 3.05) is 0 Å². The Bertz CT molecular complexity index is 548. The van der Waals surface area contributed by atoms with Gasteiger partial charge in [0.2, 0.25) is 5.91 Å². The Kier molecular flexibility index (Phi) is 3.92. The highest BCUT2D eigenvalue weighted by Crippen LogP contribution is 2.40. The Morgan fingerprint density at radius 1 is 1.57 bits per heavy atom. The Hall–Kier alpha value is -1.51. The molecule has 2 heterocycles. The number of fused-ring (bicyclic) bond motifs is 1. The van der Waals surface area contributed by atoms with Gasteiger partial charge >= 0.3 is 0 Å². The summed E-state index contributed by atoms with van der Waals surface area (Å²) >= 11 is 1.38. The fraction of sp³-hybridized carbons (Fsp3) is 0.538. The molecule has 7 nitrogen and oxygen atoms in total. The fourth-order valence-corrected chi connectivity index (χ4v) is 4.10. The third-order valence-corrected chi connectivity index (χ3v) is 5.20. The number of hydrogen-bond donors (Lipinski definition) is 4. The number of aliphatic hydroxyl groups excluding tert-OH is 2. The Balaban J connectivity index is 1.70. The van der Waals surface area contributed by atoms with E-state index in [1.807, 2.05) is 6.07 Å². The number of furan rings is 1. The van der Waals surface area contributed by atoms with Crippen LogP contribution in [0.2, 0.25) is 0 Å². The number of carbonyl (C=O) groups is 1. The number of nitrogens with one attached hydrogen (secondary N) is 1. The molecule has 1 aliphatic heterocycles. The molecule has 2 aliphatic rings. The van der Waals surface area contributed by atoms with E-state index in [2.05, 4.69) is 10.3 Å². The molecule has 8 heteroatoms. The minimum Gasteiger partial charge on any atom is -0.467 e. The molecule has 114 valence electrons. The summed E-state index contributed by atoms with van der Waals surface area (Å²) in [5.74, 6) is -0.198. The molecule has 0 saturated heterocycles. The fourth-order valence-electron chi connectivity index (χ4n) is 2.73. The molecule has 0 spiro atoms. The second-order valence-electron chi connectivity index (χ2n) is 5.24. The van der Waals surface area contributed by atoms with Gasteiger partial charge in [0.25, 0.3) is 0 Å². The van der Waals surface area contributed by atoms with Crippen molar-refractivity contribution >= 4 is 22.8 Å². The molecular formula is C13H17N3O4S. The van der Waals surface area contributed by atoms with Crippen LogP contribution in [-0.2, 0) is 11.3 Å². The van der Waals surface area contributed by atoms with E-state index in [-0.39, 0.29) is 11.7 Å². The van der Waals surface area contributed by atoms with Gasteiger partial charge in [-0.2, -0.15) is 0 Å².